The van der Waals surface area contributed by atoms with Crippen molar-refractivity contribution in [1.29, 1.82) is 0 Å². The van der Waals surface area contributed by atoms with Crippen LogP contribution in [0.1, 0.15) is 16.9 Å². The van der Waals surface area contributed by atoms with Gasteiger partial charge in [0.1, 0.15) is 17.3 Å². The quantitative estimate of drug-likeness (QED) is 0.389. The first kappa shape index (κ1) is 20.2. The molecular formula is C21H18BrClN2O3. The van der Waals surface area contributed by atoms with Crippen molar-refractivity contribution in [2.24, 2.45) is 5.10 Å². The minimum Gasteiger partial charge on any atom is -0.482 e. The molecule has 1 aromatic heterocycles. The molecule has 3 aromatic rings. The molecule has 7 heteroatoms. The normalized spacial score (nSPS) is 11.0. The molecule has 144 valence electrons. The first-order chi connectivity index (χ1) is 13.4. The lowest BCUT2D eigenvalue weighted by atomic mass is 10.1. The summed E-state index contributed by atoms with van der Waals surface area (Å²) in [7, 11) is 0. The summed E-state index contributed by atoms with van der Waals surface area (Å²) in [4.78, 5) is 12.0. The van der Waals surface area contributed by atoms with Crippen LogP contribution in [0.3, 0.4) is 0 Å². The van der Waals surface area contributed by atoms with Crippen LogP contribution in [0.2, 0.25) is 5.02 Å². The number of carbonyl (C=O) groups is 1. The van der Waals surface area contributed by atoms with Crippen LogP contribution in [0.15, 0.2) is 62.5 Å². The van der Waals surface area contributed by atoms with E-state index in [-0.39, 0.29) is 12.5 Å². The maximum Gasteiger partial charge on any atom is 0.277 e. The Labute approximate surface area is 176 Å². The molecule has 0 saturated heterocycles. The smallest absolute Gasteiger partial charge is 0.277 e. The van der Waals surface area contributed by atoms with Crippen molar-refractivity contribution >= 4 is 39.7 Å². The highest BCUT2D eigenvalue weighted by Gasteiger charge is 2.09. The van der Waals surface area contributed by atoms with Crippen LogP contribution in [-0.4, -0.2) is 18.7 Å². The third-order valence-corrected chi connectivity index (χ3v) is 4.79. The average molecular weight is 462 g/mol. The van der Waals surface area contributed by atoms with Gasteiger partial charge in [-0.1, -0.05) is 29.8 Å². The lowest BCUT2D eigenvalue weighted by molar-refractivity contribution is -0.123. The van der Waals surface area contributed by atoms with Gasteiger partial charge in [-0.05, 0) is 71.2 Å². The molecule has 0 aliphatic rings. The molecule has 0 radical (unpaired) electrons. The van der Waals surface area contributed by atoms with Gasteiger partial charge in [0.15, 0.2) is 6.61 Å². The van der Waals surface area contributed by atoms with E-state index in [0.717, 1.165) is 21.2 Å². The van der Waals surface area contributed by atoms with Crippen molar-refractivity contribution in [3.8, 4) is 17.1 Å². The Bertz CT molecular complexity index is 1010. The van der Waals surface area contributed by atoms with Gasteiger partial charge in [0.2, 0.25) is 0 Å². The Hall–Kier alpha value is -2.57. The second-order valence-corrected chi connectivity index (χ2v) is 7.42. The summed E-state index contributed by atoms with van der Waals surface area (Å²) in [6.07, 6.45) is 1.42. The molecule has 3 rings (SSSR count). The van der Waals surface area contributed by atoms with Crippen molar-refractivity contribution in [1.82, 2.24) is 5.43 Å². The Morgan fingerprint density at radius 1 is 1.25 bits per heavy atom. The van der Waals surface area contributed by atoms with E-state index in [1.54, 1.807) is 18.2 Å². The number of hydrogen-bond acceptors (Lipinski definition) is 4. The minimum absolute atomic E-state index is 0.150. The number of nitrogens with zero attached hydrogens (tertiary/aromatic N) is 1. The number of halogens is 2. The molecule has 0 aliphatic heterocycles. The van der Waals surface area contributed by atoms with Crippen molar-refractivity contribution in [2.45, 2.75) is 13.8 Å². The van der Waals surface area contributed by atoms with E-state index >= 15 is 0 Å². The van der Waals surface area contributed by atoms with Crippen molar-refractivity contribution in [3.63, 3.8) is 0 Å². The molecule has 1 N–H and O–H groups in total. The number of furan rings is 1. The van der Waals surface area contributed by atoms with Gasteiger partial charge in [-0.2, -0.15) is 5.10 Å². The Morgan fingerprint density at radius 3 is 2.79 bits per heavy atom. The van der Waals surface area contributed by atoms with Crippen molar-refractivity contribution < 1.29 is 13.9 Å². The van der Waals surface area contributed by atoms with Gasteiger partial charge in [-0.3, -0.25) is 4.79 Å². The molecule has 2 aromatic carbocycles. The van der Waals surface area contributed by atoms with Gasteiger partial charge >= 0.3 is 0 Å². The molecule has 28 heavy (non-hydrogen) atoms. The van der Waals surface area contributed by atoms with Gasteiger partial charge in [0.25, 0.3) is 5.91 Å². The molecule has 5 nitrogen and oxygen atoms in total. The zero-order valence-electron chi connectivity index (χ0n) is 15.3. The van der Waals surface area contributed by atoms with E-state index in [0.29, 0.717) is 22.3 Å². The number of amides is 1. The van der Waals surface area contributed by atoms with E-state index in [4.69, 9.17) is 20.8 Å². The fourth-order valence-electron chi connectivity index (χ4n) is 2.65. The summed E-state index contributed by atoms with van der Waals surface area (Å²) in [6, 6.07) is 14.9. The molecule has 0 aliphatic carbocycles. The Kier molecular flexibility index (Phi) is 6.54. The molecule has 1 amide bonds. The highest BCUT2D eigenvalue weighted by molar-refractivity contribution is 9.10. The summed E-state index contributed by atoms with van der Waals surface area (Å²) < 4.78 is 12.1. The highest BCUT2D eigenvalue weighted by atomic mass is 79.9. The Balaban J connectivity index is 1.55. The maximum absolute atomic E-state index is 12.0. The van der Waals surface area contributed by atoms with Crippen LogP contribution < -0.4 is 10.2 Å². The molecular weight excluding hydrogens is 444 g/mol. The number of nitrogens with one attached hydrogen (secondary N) is 1. The largest absolute Gasteiger partial charge is 0.482 e. The summed E-state index contributed by atoms with van der Waals surface area (Å²) in [5.41, 5.74) is 5.27. The van der Waals surface area contributed by atoms with Crippen molar-refractivity contribution in [2.75, 3.05) is 6.61 Å². The van der Waals surface area contributed by atoms with Gasteiger partial charge in [-0.25, -0.2) is 5.43 Å². The second kappa shape index (κ2) is 9.08. The third kappa shape index (κ3) is 5.03. The third-order valence-electron chi connectivity index (χ3n) is 3.87. The predicted molar refractivity (Wildman–Crippen MR) is 114 cm³/mol. The number of hydrazone groups is 1. The fraction of sp³-hybridized carbons (Fsp3) is 0.143. The van der Waals surface area contributed by atoms with E-state index < -0.39 is 0 Å². The highest BCUT2D eigenvalue weighted by Crippen LogP contribution is 2.30. The minimum atomic E-state index is -0.374. The maximum atomic E-state index is 12.0. The zero-order valence-corrected chi connectivity index (χ0v) is 17.7. The summed E-state index contributed by atoms with van der Waals surface area (Å²) in [6.45, 7) is 3.77. The lowest BCUT2D eigenvalue weighted by Gasteiger charge is -2.11. The fourth-order valence-corrected chi connectivity index (χ4v) is 3.67. The van der Waals surface area contributed by atoms with E-state index in [1.165, 1.54) is 6.21 Å². The van der Waals surface area contributed by atoms with Gasteiger partial charge in [0, 0.05) is 5.56 Å². The molecule has 0 bridgehead atoms. The number of rotatable bonds is 6. The number of benzene rings is 2. The SMILES string of the molecule is Cc1cc(C)c(OCC(=O)NN=Cc2ccc(-c3ccccc3Cl)o2)c(Br)c1. The standard InChI is InChI=1S/C21H18BrClN2O3/c1-13-9-14(2)21(17(22)10-13)27-12-20(26)25-24-11-15-7-8-19(28-15)16-5-3-4-6-18(16)23/h3-11H,12H2,1-2H3,(H,25,26). The monoisotopic (exact) mass is 460 g/mol. The van der Waals surface area contributed by atoms with E-state index in [2.05, 4.69) is 26.5 Å². The average Bonchev–Trinajstić information content (AvgIpc) is 3.10. The van der Waals surface area contributed by atoms with E-state index in [1.807, 2.05) is 44.2 Å². The molecule has 0 atom stereocenters. The number of ether oxygens (including phenoxy) is 1. The molecule has 0 unspecified atom stereocenters. The first-order valence-corrected chi connectivity index (χ1v) is 9.67. The lowest BCUT2D eigenvalue weighted by Crippen LogP contribution is -2.24. The second-order valence-electron chi connectivity index (χ2n) is 6.16. The van der Waals surface area contributed by atoms with Crippen LogP contribution in [0.4, 0.5) is 0 Å². The van der Waals surface area contributed by atoms with E-state index in [9.17, 15) is 4.79 Å². The van der Waals surface area contributed by atoms with Crippen LogP contribution in [0, 0.1) is 13.8 Å². The van der Waals surface area contributed by atoms with Gasteiger partial charge in [-0.15, -0.1) is 0 Å². The van der Waals surface area contributed by atoms with Crippen LogP contribution in [0.5, 0.6) is 5.75 Å². The van der Waals surface area contributed by atoms with Crippen LogP contribution in [-0.2, 0) is 4.79 Å². The summed E-state index contributed by atoms with van der Waals surface area (Å²) >= 11 is 9.61. The topological polar surface area (TPSA) is 63.8 Å². The zero-order chi connectivity index (χ0) is 20.1. The molecule has 1 heterocycles. The van der Waals surface area contributed by atoms with Crippen molar-refractivity contribution in [3.05, 3.63) is 74.9 Å². The molecule has 0 fully saturated rings. The molecule has 0 spiro atoms. The first-order valence-electron chi connectivity index (χ1n) is 8.50. The number of carbonyl (C=O) groups excluding carboxylic acids is 1. The van der Waals surface area contributed by atoms with Gasteiger partial charge in [0.05, 0.1) is 15.7 Å². The molecule has 0 saturated carbocycles. The Morgan fingerprint density at radius 2 is 2.04 bits per heavy atom. The predicted octanol–water partition coefficient (Wildman–Crippen LogP) is 5.51. The van der Waals surface area contributed by atoms with Crippen LogP contribution in [0.25, 0.3) is 11.3 Å². The summed E-state index contributed by atoms with van der Waals surface area (Å²) in [5.74, 6) is 1.39. The number of hydrogen-bond donors (Lipinski definition) is 1. The summed E-state index contributed by atoms with van der Waals surface area (Å²) in [5, 5.41) is 4.50. The number of aryl methyl sites for hydroxylation is 2. The van der Waals surface area contributed by atoms with Gasteiger partial charge < -0.3 is 9.15 Å². The van der Waals surface area contributed by atoms with Crippen LogP contribution >= 0.6 is 27.5 Å².